The van der Waals surface area contributed by atoms with Gasteiger partial charge in [-0.25, -0.2) is 15.0 Å². The molecular weight excluding hydrogens is 208 g/mol. The van der Waals surface area contributed by atoms with Gasteiger partial charge >= 0.3 is 5.97 Å². The Morgan fingerprint density at radius 2 is 2.06 bits per heavy atom. The van der Waals surface area contributed by atoms with Crippen molar-refractivity contribution in [3.8, 4) is 11.6 Å². The van der Waals surface area contributed by atoms with Gasteiger partial charge in [0.2, 0.25) is 0 Å². The fraction of sp³-hybridized carbons (Fsp3) is 0.200. The van der Waals surface area contributed by atoms with Crippen LogP contribution in [0, 0.1) is 0 Å². The monoisotopic (exact) mass is 218 g/mol. The first-order chi connectivity index (χ1) is 7.75. The lowest BCUT2D eigenvalue weighted by molar-refractivity contribution is -0.136. The number of nitrogens with zero attached hydrogens (tertiary/aromatic N) is 3. The summed E-state index contributed by atoms with van der Waals surface area (Å²) in [6.45, 7) is 0. The lowest BCUT2D eigenvalue weighted by Crippen LogP contribution is -1.99. The van der Waals surface area contributed by atoms with E-state index in [2.05, 4.69) is 19.9 Å². The minimum Gasteiger partial charge on any atom is -0.481 e. The van der Waals surface area contributed by atoms with E-state index in [1.807, 2.05) is 0 Å². The van der Waals surface area contributed by atoms with Crippen LogP contribution < -0.4 is 0 Å². The highest BCUT2D eigenvalue weighted by molar-refractivity contribution is 5.67. The molecule has 2 N–H and O–H groups in total. The Balaban J connectivity index is 2.08. The van der Waals surface area contributed by atoms with Crippen molar-refractivity contribution < 1.29 is 9.90 Å². The molecule has 0 saturated heterocycles. The van der Waals surface area contributed by atoms with Crippen LogP contribution >= 0.6 is 0 Å². The molecule has 0 bridgehead atoms. The topological polar surface area (TPSA) is 91.8 Å². The highest BCUT2D eigenvalue weighted by atomic mass is 16.4. The summed E-state index contributed by atoms with van der Waals surface area (Å²) in [5.74, 6) is 0.281. The van der Waals surface area contributed by atoms with Crippen molar-refractivity contribution in [1.82, 2.24) is 19.9 Å². The Morgan fingerprint density at radius 1 is 1.31 bits per heavy atom. The number of nitrogens with one attached hydrogen (secondary N) is 1. The average molecular weight is 218 g/mol. The number of hydrogen-bond donors (Lipinski definition) is 2. The maximum absolute atomic E-state index is 10.4. The van der Waals surface area contributed by atoms with Crippen LogP contribution in [0.1, 0.15) is 12.0 Å². The van der Waals surface area contributed by atoms with E-state index in [9.17, 15) is 4.79 Å². The molecule has 0 aliphatic rings. The SMILES string of the molecule is O=C(O)CCc1cnc(-c2ncc[nH]2)nc1. The Kier molecular flexibility index (Phi) is 2.90. The van der Waals surface area contributed by atoms with Gasteiger partial charge in [-0.05, 0) is 12.0 Å². The van der Waals surface area contributed by atoms with E-state index < -0.39 is 5.97 Å². The van der Waals surface area contributed by atoms with E-state index in [0.29, 0.717) is 18.1 Å². The van der Waals surface area contributed by atoms with Crippen molar-refractivity contribution >= 4 is 5.97 Å². The van der Waals surface area contributed by atoms with Gasteiger partial charge in [0.25, 0.3) is 0 Å². The Labute approximate surface area is 91.4 Å². The number of H-pyrrole nitrogens is 1. The molecule has 0 aromatic carbocycles. The number of rotatable bonds is 4. The second-order valence-electron chi connectivity index (χ2n) is 3.25. The van der Waals surface area contributed by atoms with Crippen molar-refractivity contribution in [1.29, 1.82) is 0 Å². The van der Waals surface area contributed by atoms with Crippen molar-refractivity contribution in [2.45, 2.75) is 12.8 Å². The number of carboxylic acid groups (broad SMARTS) is 1. The molecule has 0 spiro atoms. The zero-order valence-corrected chi connectivity index (χ0v) is 8.42. The average Bonchev–Trinajstić information content (AvgIpc) is 2.80. The number of aromatic amines is 1. The van der Waals surface area contributed by atoms with Crippen LogP contribution in [0.2, 0.25) is 0 Å². The molecule has 0 aliphatic carbocycles. The minimum atomic E-state index is -0.824. The van der Waals surface area contributed by atoms with Gasteiger partial charge in [0, 0.05) is 31.2 Å². The maximum atomic E-state index is 10.4. The predicted molar refractivity (Wildman–Crippen MR) is 55.6 cm³/mol. The second-order valence-corrected chi connectivity index (χ2v) is 3.25. The molecule has 0 amide bonds. The first kappa shape index (κ1) is 10.3. The highest BCUT2D eigenvalue weighted by Gasteiger charge is 2.04. The summed E-state index contributed by atoms with van der Waals surface area (Å²) in [5, 5.41) is 8.52. The Hall–Kier alpha value is -2.24. The van der Waals surface area contributed by atoms with E-state index >= 15 is 0 Å². The third kappa shape index (κ3) is 2.41. The van der Waals surface area contributed by atoms with Crippen molar-refractivity contribution in [3.05, 3.63) is 30.4 Å². The van der Waals surface area contributed by atoms with Gasteiger partial charge in [-0.15, -0.1) is 0 Å². The van der Waals surface area contributed by atoms with Crippen LogP contribution in [0.5, 0.6) is 0 Å². The summed E-state index contributed by atoms with van der Waals surface area (Å²) < 4.78 is 0. The van der Waals surface area contributed by atoms with Gasteiger partial charge in [0.1, 0.15) is 0 Å². The molecular formula is C10H10N4O2. The molecule has 0 unspecified atom stereocenters. The third-order valence-electron chi connectivity index (χ3n) is 2.04. The van der Waals surface area contributed by atoms with Gasteiger partial charge < -0.3 is 10.1 Å². The highest BCUT2D eigenvalue weighted by Crippen LogP contribution is 2.08. The molecule has 0 atom stereocenters. The molecule has 0 radical (unpaired) electrons. The number of carboxylic acids is 1. The second kappa shape index (κ2) is 4.52. The van der Waals surface area contributed by atoms with Crippen LogP contribution in [0.25, 0.3) is 11.6 Å². The molecule has 0 aliphatic heterocycles. The van der Waals surface area contributed by atoms with E-state index in [1.165, 1.54) is 0 Å². The zero-order chi connectivity index (χ0) is 11.4. The number of aliphatic carboxylic acids is 1. The van der Waals surface area contributed by atoms with E-state index in [1.54, 1.807) is 24.8 Å². The predicted octanol–water partition coefficient (Wildman–Crippen LogP) is 0.884. The summed E-state index contributed by atoms with van der Waals surface area (Å²) in [5.41, 5.74) is 0.803. The first-order valence-electron chi connectivity index (χ1n) is 4.78. The lowest BCUT2D eigenvalue weighted by atomic mass is 10.2. The van der Waals surface area contributed by atoms with Crippen molar-refractivity contribution in [3.63, 3.8) is 0 Å². The van der Waals surface area contributed by atoms with Crippen molar-refractivity contribution in [2.75, 3.05) is 0 Å². The molecule has 0 fully saturated rings. The number of aromatic nitrogens is 4. The molecule has 2 aromatic heterocycles. The molecule has 16 heavy (non-hydrogen) atoms. The normalized spacial score (nSPS) is 10.2. The van der Waals surface area contributed by atoms with Crippen LogP contribution in [-0.4, -0.2) is 31.0 Å². The summed E-state index contributed by atoms with van der Waals surface area (Å²) in [6.07, 6.45) is 7.08. The van der Waals surface area contributed by atoms with Gasteiger partial charge in [0.05, 0.1) is 0 Å². The number of hydrogen-bond acceptors (Lipinski definition) is 4. The van der Waals surface area contributed by atoms with Crippen LogP contribution in [-0.2, 0) is 11.2 Å². The molecule has 6 nitrogen and oxygen atoms in total. The van der Waals surface area contributed by atoms with Gasteiger partial charge in [-0.3, -0.25) is 4.79 Å². The molecule has 2 aromatic rings. The smallest absolute Gasteiger partial charge is 0.303 e. The quantitative estimate of drug-likeness (QED) is 0.794. The Morgan fingerprint density at radius 3 is 2.62 bits per heavy atom. The standard InChI is InChI=1S/C10H10N4O2/c15-8(16)2-1-7-5-13-10(14-6-7)9-11-3-4-12-9/h3-6H,1-2H2,(H,11,12)(H,15,16). The van der Waals surface area contributed by atoms with Gasteiger partial charge in [0.15, 0.2) is 11.6 Å². The summed E-state index contributed by atoms with van der Waals surface area (Å²) in [6, 6.07) is 0. The van der Waals surface area contributed by atoms with E-state index in [-0.39, 0.29) is 6.42 Å². The number of aryl methyl sites for hydroxylation is 1. The largest absolute Gasteiger partial charge is 0.481 e. The fourth-order valence-electron chi connectivity index (χ4n) is 1.24. The fourth-order valence-corrected chi connectivity index (χ4v) is 1.24. The summed E-state index contributed by atoms with van der Waals surface area (Å²) >= 11 is 0. The molecule has 0 saturated carbocycles. The van der Waals surface area contributed by atoms with Crippen molar-refractivity contribution in [2.24, 2.45) is 0 Å². The first-order valence-corrected chi connectivity index (χ1v) is 4.78. The van der Waals surface area contributed by atoms with Crippen LogP contribution in [0.3, 0.4) is 0 Å². The molecule has 6 heteroatoms. The Bertz CT molecular complexity index is 464. The zero-order valence-electron chi connectivity index (χ0n) is 8.42. The van der Waals surface area contributed by atoms with E-state index in [4.69, 9.17) is 5.11 Å². The lowest BCUT2D eigenvalue weighted by Gasteiger charge is -1.98. The summed E-state index contributed by atoms with van der Waals surface area (Å²) in [4.78, 5) is 25.5. The molecule has 2 heterocycles. The third-order valence-corrected chi connectivity index (χ3v) is 2.04. The van der Waals surface area contributed by atoms with Crippen LogP contribution in [0.4, 0.5) is 0 Å². The molecule has 82 valence electrons. The minimum absolute atomic E-state index is 0.0868. The van der Waals surface area contributed by atoms with Gasteiger partial charge in [-0.2, -0.15) is 0 Å². The number of carbonyl (C=O) groups is 1. The van der Waals surface area contributed by atoms with Gasteiger partial charge in [-0.1, -0.05) is 0 Å². The maximum Gasteiger partial charge on any atom is 0.303 e. The summed E-state index contributed by atoms with van der Waals surface area (Å²) in [7, 11) is 0. The van der Waals surface area contributed by atoms with E-state index in [0.717, 1.165) is 5.56 Å². The molecule has 2 rings (SSSR count). The van der Waals surface area contributed by atoms with Crippen LogP contribution in [0.15, 0.2) is 24.8 Å². The number of imidazole rings is 1.